The van der Waals surface area contributed by atoms with Crippen molar-refractivity contribution in [3.63, 3.8) is 0 Å². The summed E-state index contributed by atoms with van der Waals surface area (Å²) in [5.41, 5.74) is -1.23. The summed E-state index contributed by atoms with van der Waals surface area (Å²) >= 11 is 10.9. The summed E-state index contributed by atoms with van der Waals surface area (Å²) in [6, 6.07) is 0. The molecule has 2 unspecified atom stereocenters. The summed E-state index contributed by atoms with van der Waals surface area (Å²) in [6.07, 6.45) is 1.63. The SMILES string of the molecule is CC(Cl)OC(=O)CCCCC(=O)OC(C)Cl. The average Bonchev–Trinajstić information content (AvgIpc) is 2.10. The number of rotatable bonds is 7. The second kappa shape index (κ2) is 8.65. The van der Waals surface area contributed by atoms with E-state index in [0.717, 1.165) is 0 Å². The second-order valence-corrected chi connectivity index (χ2v) is 4.50. The maximum atomic E-state index is 11.0. The highest BCUT2D eigenvalue weighted by Gasteiger charge is 2.09. The maximum Gasteiger partial charge on any atom is 0.307 e. The lowest BCUT2D eigenvalue weighted by molar-refractivity contribution is -0.147. The molecule has 2 atom stereocenters. The van der Waals surface area contributed by atoms with E-state index in [1.165, 1.54) is 0 Å². The molecule has 6 heteroatoms. The molecule has 94 valence electrons. The van der Waals surface area contributed by atoms with E-state index in [4.69, 9.17) is 32.7 Å². The van der Waals surface area contributed by atoms with Crippen LogP contribution in [0.15, 0.2) is 0 Å². The molecule has 0 aliphatic carbocycles. The monoisotopic (exact) mass is 270 g/mol. The molecule has 0 aromatic heterocycles. The first kappa shape index (κ1) is 15.5. The predicted molar refractivity (Wildman–Crippen MR) is 61.3 cm³/mol. The van der Waals surface area contributed by atoms with Gasteiger partial charge in [-0.25, -0.2) is 0 Å². The van der Waals surface area contributed by atoms with Gasteiger partial charge in [0, 0.05) is 12.8 Å². The number of ether oxygens (including phenoxy) is 2. The molecule has 0 aromatic carbocycles. The Morgan fingerprint density at radius 1 is 0.938 bits per heavy atom. The van der Waals surface area contributed by atoms with E-state index in [9.17, 15) is 9.59 Å². The van der Waals surface area contributed by atoms with Crippen molar-refractivity contribution in [2.75, 3.05) is 0 Å². The molecule has 0 heterocycles. The molecule has 0 N–H and O–H groups in total. The molecule has 0 aliphatic heterocycles. The van der Waals surface area contributed by atoms with Crippen molar-refractivity contribution in [3.05, 3.63) is 0 Å². The van der Waals surface area contributed by atoms with E-state index in [-0.39, 0.29) is 24.8 Å². The Bertz CT molecular complexity index is 205. The Kier molecular flexibility index (Phi) is 8.39. The van der Waals surface area contributed by atoms with Crippen LogP contribution in [0.1, 0.15) is 39.5 Å². The Morgan fingerprint density at radius 3 is 1.50 bits per heavy atom. The van der Waals surface area contributed by atoms with Crippen LogP contribution in [-0.2, 0) is 19.1 Å². The van der Waals surface area contributed by atoms with Gasteiger partial charge in [0.15, 0.2) is 11.1 Å². The van der Waals surface area contributed by atoms with E-state index in [1.54, 1.807) is 13.8 Å². The first-order valence-corrected chi connectivity index (χ1v) is 5.96. The molecule has 0 saturated heterocycles. The van der Waals surface area contributed by atoms with Crippen molar-refractivity contribution >= 4 is 35.1 Å². The number of esters is 2. The number of unbranched alkanes of at least 4 members (excludes halogenated alkanes) is 1. The zero-order valence-electron chi connectivity index (χ0n) is 9.37. The van der Waals surface area contributed by atoms with Crippen LogP contribution < -0.4 is 0 Å². The number of halogens is 2. The van der Waals surface area contributed by atoms with Gasteiger partial charge in [0.2, 0.25) is 0 Å². The fourth-order valence-corrected chi connectivity index (χ4v) is 1.22. The third-order valence-corrected chi connectivity index (χ3v) is 1.78. The average molecular weight is 271 g/mol. The van der Waals surface area contributed by atoms with Crippen LogP contribution in [-0.4, -0.2) is 23.1 Å². The van der Waals surface area contributed by atoms with Crippen molar-refractivity contribution in [3.8, 4) is 0 Å². The van der Waals surface area contributed by atoms with Crippen LogP contribution in [0.2, 0.25) is 0 Å². The second-order valence-electron chi connectivity index (χ2n) is 3.27. The van der Waals surface area contributed by atoms with Gasteiger partial charge in [-0.15, -0.1) is 0 Å². The fraction of sp³-hybridized carbons (Fsp3) is 0.800. The predicted octanol–water partition coefficient (Wildman–Crippen LogP) is 2.80. The van der Waals surface area contributed by atoms with Gasteiger partial charge in [0.25, 0.3) is 0 Å². The molecule has 16 heavy (non-hydrogen) atoms. The third-order valence-electron chi connectivity index (χ3n) is 1.60. The molecule has 0 fully saturated rings. The van der Waals surface area contributed by atoms with Crippen LogP contribution in [0, 0.1) is 0 Å². The van der Waals surface area contributed by atoms with E-state index in [0.29, 0.717) is 12.8 Å². The Balaban J connectivity index is 3.46. The van der Waals surface area contributed by atoms with Gasteiger partial charge in [-0.3, -0.25) is 9.59 Å². The molecule has 0 bridgehead atoms. The number of alkyl halides is 2. The van der Waals surface area contributed by atoms with Gasteiger partial charge in [0.1, 0.15) is 0 Å². The number of carbonyl (C=O) groups excluding carboxylic acids is 2. The molecule has 0 radical (unpaired) electrons. The number of hydrogen-bond acceptors (Lipinski definition) is 4. The van der Waals surface area contributed by atoms with Crippen LogP contribution in [0.3, 0.4) is 0 Å². The molecule has 0 rings (SSSR count). The van der Waals surface area contributed by atoms with Gasteiger partial charge < -0.3 is 9.47 Å². The maximum absolute atomic E-state index is 11.0. The molecule has 0 spiro atoms. The molecule has 0 aliphatic rings. The van der Waals surface area contributed by atoms with E-state index >= 15 is 0 Å². The Labute approximate surface area is 105 Å². The fourth-order valence-electron chi connectivity index (χ4n) is 1.02. The minimum absolute atomic E-state index is 0.251. The number of carbonyl (C=O) groups is 2. The molecular formula is C10H16Cl2O4. The van der Waals surface area contributed by atoms with Crippen molar-refractivity contribution in [1.82, 2.24) is 0 Å². The lowest BCUT2D eigenvalue weighted by Crippen LogP contribution is -2.11. The van der Waals surface area contributed by atoms with Crippen molar-refractivity contribution in [2.24, 2.45) is 0 Å². The van der Waals surface area contributed by atoms with Gasteiger partial charge in [-0.2, -0.15) is 0 Å². The lowest BCUT2D eigenvalue weighted by Gasteiger charge is -2.07. The van der Waals surface area contributed by atoms with Crippen molar-refractivity contribution in [1.29, 1.82) is 0 Å². The summed E-state index contributed by atoms with van der Waals surface area (Å²) in [4.78, 5) is 22.1. The molecule has 4 nitrogen and oxygen atoms in total. The van der Waals surface area contributed by atoms with Crippen LogP contribution in [0.4, 0.5) is 0 Å². The molecular weight excluding hydrogens is 255 g/mol. The highest BCUT2D eigenvalue weighted by atomic mass is 35.5. The zero-order valence-corrected chi connectivity index (χ0v) is 10.9. The standard InChI is InChI=1S/C10H16Cl2O4/c1-7(11)15-9(13)5-3-4-6-10(14)16-8(2)12/h7-8H,3-6H2,1-2H3. The van der Waals surface area contributed by atoms with Crippen LogP contribution >= 0.6 is 23.2 Å². The van der Waals surface area contributed by atoms with Crippen molar-refractivity contribution in [2.45, 2.75) is 50.7 Å². The normalized spacial score (nSPS) is 14.0. The highest BCUT2D eigenvalue weighted by Crippen LogP contribution is 2.07. The van der Waals surface area contributed by atoms with Crippen LogP contribution in [0.5, 0.6) is 0 Å². The summed E-state index contributed by atoms with van der Waals surface area (Å²) in [5, 5.41) is 0. The van der Waals surface area contributed by atoms with E-state index in [2.05, 4.69) is 0 Å². The summed E-state index contributed by atoms with van der Waals surface area (Å²) in [7, 11) is 0. The molecule has 0 saturated carbocycles. The summed E-state index contributed by atoms with van der Waals surface area (Å²) in [5.74, 6) is -0.719. The molecule has 0 amide bonds. The van der Waals surface area contributed by atoms with Crippen LogP contribution in [0.25, 0.3) is 0 Å². The lowest BCUT2D eigenvalue weighted by atomic mass is 10.2. The van der Waals surface area contributed by atoms with Gasteiger partial charge in [-0.1, -0.05) is 23.2 Å². The zero-order chi connectivity index (χ0) is 12.6. The quantitative estimate of drug-likeness (QED) is 0.406. The minimum Gasteiger partial charge on any atom is -0.446 e. The molecule has 0 aromatic rings. The van der Waals surface area contributed by atoms with Gasteiger partial charge in [-0.05, 0) is 26.7 Å². The van der Waals surface area contributed by atoms with Gasteiger partial charge in [0.05, 0.1) is 0 Å². The summed E-state index contributed by atoms with van der Waals surface area (Å²) < 4.78 is 9.42. The Morgan fingerprint density at radius 2 is 1.25 bits per heavy atom. The van der Waals surface area contributed by atoms with E-state index in [1.807, 2.05) is 0 Å². The third kappa shape index (κ3) is 10.1. The largest absolute Gasteiger partial charge is 0.446 e. The topological polar surface area (TPSA) is 52.6 Å². The summed E-state index contributed by atoms with van der Waals surface area (Å²) in [6.45, 7) is 3.14. The first-order valence-electron chi connectivity index (χ1n) is 5.09. The van der Waals surface area contributed by atoms with Gasteiger partial charge >= 0.3 is 11.9 Å². The minimum atomic E-state index is -0.616. The smallest absolute Gasteiger partial charge is 0.307 e. The Hall–Kier alpha value is -0.480. The first-order chi connectivity index (χ1) is 7.41. The highest BCUT2D eigenvalue weighted by molar-refractivity contribution is 6.20. The van der Waals surface area contributed by atoms with E-state index < -0.39 is 11.1 Å². The van der Waals surface area contributed by atoms with Crippen molar-refractivity contribution < 1.29 is 19.1 Å². The number of hydrogen-bond donors (Lipinski definition) is 0.